The molecule has 1 saturated heterocycles. The van der Waals surface area contributed by atoms with E-state index in [1.165, 1.54) is 0 Å². The van der Waals surface area contributed by atoms with Crippen molar-refractivity contribution in [2.45, 2.75) is 46.5 Å². The molecule has 2 amide bonds. The molecule has 104 valence electrons. The molecule has 1 fully saturated rings. The first-order chi connectivity index (χ1) is 8.60. The second-order valence-electron chi connectivity index (χ2n) is 5.21. The Morgan fingerprint density at radius 3 is 2.72 bits per heavy atom. The van der Waals surface area contributed by atoms with Crippen molar-refractivity contribution in [2.24, 2.45) is 11.8 Å². The van der Waals surface area contributed by atoms with Crippen LogP contribution in [-0.4, -0.2) is 36.3 Å². The minimum atomic E-state index is -0.0172. The van der Waals surface area contributed by atoms with E-state index in [2.05, 4.69) is 12.2 Å². The fourth-order valence-corrected chi connectivity index (χ4v) is 2.58. The number of nitrogens with one attached hydrogen (secondary N) is 1. The molecule has 0 aromatic carbocycles. The van der Waals surface area contributed by atoms with E-state index in [9.17, 15) is 9.59 Å². The van der Waals surface area contributed by atoms with Gasteiger partial charge in [0.15, 0.2) is 0 Å². The second-order valence-corrected chi connectivity index (χ2v) is 5.21. The zero-order valence-electron chi connectivity index (χ0n) is 11.9. The van der Waals surface area contributed by atoms with Crippen molar-refractivity contribution in [3.05, 3.63) is 0 Å². The lowest BCUT2D eigenvalue weighted by Gasteiger charge is -2.33. The van der Waals surface area contributed by atoms with Crippen LogP contribution in [0.15, 0.2) is 0 Å². The van der Waals surface area contributed by atoms with Crippen molar-refractivity contribution in [3.8, 4) is 0 Å². The molecule has 0 bridgehead atoms. The minimum Gasteiger partial charge on any atom is -0.356 e. The maximum atomic E-state index is 12.2. The van der Waals surface area contributed by atoms with Crippen LogP contribution < -0.4 is 5.32 Å². The monoisotopic (exact) mass is 254 g/mol. The van der Waals surface area contributed by atoms with Crippen molar-refractivity contribution >= 4 is 11.8 Å². The highest BCUT2D eigenvalue weighted by Crippen LogP contribution is 2.20. The summed E-state index contributed by atoms with van der Waals surface area (Å²) in [7, 11) is 0. The molecule has 2 atom stereocenters. The van der Waals surface area contributed by atoms with Gasteiger partial charge in [-0.05, 0) is 26.2 Å². The number of hydrogen-bond donors (Lipinski definition) is 1. The Morgan fingerprint density at radius 1 is 1.39 bits per heavy atom. The Kier molecular flexibility index (Phi) is 6.16. The second kappa shape index (κ2) is 7.39. The summed E-state index contributed by atoms with van der Waals surface area (Å²) in [6, 6.07) is 0. The van der Waals surface area contributed by atoms with Crippen LogP contribution >= 0.6 is 0 Å². The molecule has 0 aromatic rings. The van der Waals surface area contributed by atoms with Gasteiger partial charge in [0.25, 0.3) is 0 Å². The van der Waals surface area contributed by atoms with E-state index in [4.69, 9.17) is 0 Å². The van der Waals surface area contributed by atoms with Gasteiger partial charge in [-0.25, -0.2) is 0 Å². The summed E-state index contributed by atoms with van der Waals surface area (Å²) in [5.41, 5.74) is 0. The van der Waals surface area contributed by atoms with Gasteiger partial charge in [-0.15, -0.1) is 0 Å². The molecular formula is C14H26N2O2. The molecule has 1 N–H and O–H groups in total. The number of hydrogen-bond acceptors (Lipinski definition) is 2. The topological polar surface area (TPSA) is 49.4 Å². The number of nitrogens with zero attached hydrogens (tertiary/aromatic N) is 1. The molecule has 0 saturated carbocycles. The molecule has 0 aliphatic carbocycles. The zero-order valence-corrected chi connectivity index (χ0v) is 11.9. The molecule has 1 heterocycles. The molecule has 1 aliphatic rings. The van der Waals surface area contributed by atoms with Gasteiger partial charge in [0.1, 0.15) is 0 Å². The van der Waals surface area contributed by atoms with Gasteiger partial charge in [0.05, 0.1) is 5.92 Å². The van der Waals surface area contributed by atoms with Crippen LogP contribution in [0.4, 0.5) is 0 Å². The maximum Gasteiger partial charge on any atom is 0.225 e. The summed E-state index contributed by atoms with van der Waals surface area (Å²) in [5, 5.41) is 2.85. The van der Waals surface area contributed by atoms with Gasteiger partial charge in [-0.3, -0.25) is 9.59 Å². The van der Waals surface area contributed by atoms with E-state index < -0.39 is 0 Å². The Balaban J connectivity index is 2.52. The van der Waals surface area contributed by atoms with E-state index in [0.717, 1.165) is 32.2 Å². The zero-order chi connectivity index (χ0) is 13.5. The van der Waals surface area contributed by atoms with Gasteiger partial charge in [0, 0.05) is 25.6 Å². The molecule has 4 heteroatoms. The normalized spacial score (nSPS) is 21.5. The Morgan fingerprint density at radius 2 is 2.11 bits per heavy atom. The molecule has 0 radical (unpaired) electrons. The van der Waals surface area contributed by atoms with Crippen molar-refractivity contribution in [3.63, 3.8) is 0 Å². The fourth-order valence-electron chi connectivity index (χ4n) is 2.58. The smallest absolute Gasteiger partial charge is 0.225 e. The average molecular weight is 254 g/mol. The van der Waals surface area contributed by atoms with Gasteiger partial charge < -0.3 is 10.2 Å². The third-order valence-corrected chi connectivity index (χ3v) is 3.60. The highest BCUT2D eigenvalue weighted by Gasteiger charge is 2.29. The minimum absolute atomic E-state index is 0.0172. The largest absolute Gasteiger partial charge is 0.356 e. The molecule has 1 aliphatic heterocycles. The van der Waals surface area contributed by atoms with E-state index in [1.807, 2.05) is 18.7 Å². The van der Waals surface area contributed by atoms with E-state index in [1.54, 1.807) is 0 Å². The molecule has 0 spiro atoms. The molecule has 18 heavy (non-hydrogen) atoms. The number of piperidine rings is 1. The highest BCUT2D eigenvalue weighted by molar-refractivity contribution is 5.82. The van der Waals surface area contributed by atoms with Gasteiger partial charge >= 0.3 is 0 Å². The maximum absolute atomic E-state index is 12.2. The fraction of sp³-hybridized carbons (Fsp3) is 0.857. The lowest BCUT2D eigenvalue weighted by Crippen LogP contribution is -2.46. The SMILES string of the molecule is CCC[C@H](C)C(=O)N1CCC[C@H](C(=O)NCC)C1. The summed E-state index contributed by atoms with van der Waals surface area (Å²) < 4.78 is 0. The van der Waals surface area contributed by atoms with Crippen molar-refractivity contribution < 1.29 is 9.59 Å². The third-order valence-electron chi connectivity index (χ3n) is 3.60. The van der Waals surface area contributed by atoms with Crippen LogP contribution in [0.25, 0.3) is 0 Å². The Labute approximate surface area is 110 Å². The van der Waals surface area contributed by atoms with E-state index in [-0.39, 0.29) is 23.7 Å². The summed E-state index contributed by atoms with van der Waals surface area (Å²) in [6.07, 6.45) is 3.80. The van der Waals surface area contributed by atoms with Gasteiger partial charge in [-0.2, -0.15) is 0 Å². The quantitative estimate of drug-likeness (QED) is 0.813. The van der Waals surface area contributed by atoms with Gasteiger partial charge in [0.2, 0.25) is 11.8 Å². The molecule has 4 nitrogen and oxygen atoms in total. The molecule has 0 unspecified atom stereocenters. The third kappa shape index (κ3) is 4.00. The molecule has 1 rings (SSSR count). The first kappa shape index (κ1) is 15.0. The lowest BCUT2D eigenvalue weighted by molar-refractivity contribution is -0.139. The number of likely N-dealkylation sites (tertiary alicyclic amines) is 1. The van der Waals surface area contributed by atoms with Crippen LogP contribution in [0.2, 0.25) is 0 Å². The van der Waals surface area contributed by atoms with Crippen LogP contribution in [-0.2, 0) is 9.59 Å². The summed E-state index contributed by atoms with van der Waals surface area (Å²) in [4.78, 5) is 25.9. The average Bonchev–Trinajstić information content (AvgIpc) is 2.38. The highest BCUT2D eigenvalue weighted by atomic mass is 16.2. The summed E-state index contributed by atoms with van der Waals surface area (Å²) >= 11 is 0. The standard InChI is InChI=1S/C14H26N2O2/c1-4-7-11(3)14(18)16-9-6-8-12(10-16)13(17)15-5-2/h11-12H,4-10H2,1-3H3,(H,15,17)/t11-,12-/m0/s1. The van der Waals surface area contributed by atoms with Crippen LogP contribution in [0, 0.1) is 11.8 Å². The van der Waals surface area contributed by atoms with E-state index >= 15 is 0 Å². The van der Waals surface area contributed by atoms with Gasteiger partial charge in [-0.1, -0.05) is 20.3 Å². The molecule has 0 aromatic heterocycles. The van der Waals surface area contributed by atoms with Crippen molar-refractivity contribution in [1.82, 2.24) is 10.2 Å². The lowest BCUT2D eigenvalue weighted by atomic mass is 9.95. The van der Waals surface area contributed by atoms with Crippen LogP contribution in [0.5, 0.6) is 0 Å². The Bertz CT molecular complexity index is 292. The van der Waals surface area contributed by atoms with Crippen molar-refractivity contribution in [2.75, 3.05) is 19.6 Å². The number of carbonyl (C=O) groups excluding carboxylic acids is 2. The first-order valence-corrected chi connectivity index (χ1v) is 7.16. The predicted octanol–water partition coefficient (Wildman–Crippen LogP) is 1.80. The van der Waals surface area contributed by atoms with Crippen molar-refractivity contribution in [1.29, 1.82) is 0 Å². The predicted molar refractivity (Wildman–Crippen MR) is 72.1 cm³/mol. The summed E-state index contributed by atoms with van der Waals surface area (Å²) in [6.45, 7) is 8.07. The number of carbonyl (C=O) groups is 2. The summed E-state index contributed by atoms with van der Waals surface area (Å²) in [5.74, 6) is 0.378. The number of rotatable bonds is 5. The Hall–Kier alpha value is -1.06. The number of amides is 2. The first-order valence-electron chi connectivity index (χ1n) is 7.16. The van der Waals surface area contributed by atoms with E-state index in [0.29, 0.717) is 13.1 Å². The molecular weight excluding hydrogens is 228 g/mol. The van der Waals surface area contributed by atoms with Crippen LogP contribution in [0.1, 0.15) is 46.5 Å². The van der Waals surface area contributed by atoms with Crippen LogP contribution in [0.3, 0.4) is 0 Å².